The maximum Gasteiger partial charge on any atom is 0.0667 e. The highest BCUT2D eigenvalue weighted by Gasteiger charge is 2.08. The molecule has 180 valence electrons. The lowest BCUT2D eigenvalue weighted by atomic mass is 10.1. The molecule has 3 heteroatoms. The van der Waals surface area contributed by atoms with Gasteiger partial charge in [-0.05, 0) is 71.1 Å². The van der Waals surface area contributed by atoms with Crippen LogP contribution in [0.2, 0.25) is 0 Å². The minimum Gasteiger partial charge on any atom is -0.128 e. The third-order valence-corrected chi connectivity index (χ3v) is 9.76. The van der Waals surface area contributed by atoms with Crippen molar-refractivity contribution >= 4 is 78.9 Å². The third kappa shape index (κ3) is 5.80. The molecule has 0 amide bonds. The predicted molar refractivity (Wildman–Crippen MR) is 168 cm³/mol. The highest BCUT2D eigenvalue weighted by atomic mass is 32.2. The van der Waals surface area contributed by atoms with E-state index in [1.807, 2.05) is 34.4 Å². The van der Waals surface area contributed by atoms with Crippen molar-refractivity contribution in [2.45, 2.75) is 22.3 Å². The average molecular weight is 531 g/mol. The summed E-state index contributed by atoms with van der Waals surface area (Å²) in [6.07, 6.45) is 8.78. The molecule has 6 rings (SSSR count). The van der Waals surface area contributed by atoms with Crippen molar-refractivity contribution < 1.29 is 0 Å². The molecule has 0 atom stereocenters. The van der Waals surface area contributed by atoms with Gasteiger partial charge in [0.25, 0.3) is 0 Å². The fourth-order valence-corrected chi connectivity index (χ4v) is 8.02. The first-order valence-electron chi connectivity index (χ1n) is 12.3. The molecule has 0 unspecified atom stereocenters. The van der Waals surface area contributed by atoms with Gasteiger partial charge in [-0.3, -0.25) is 0 Å². The van der Waals surface area contributed by atoms with Crippen molar-refractivity contribution in [1.82, 2.24) is 0 Å². The molecule has 0 radical (unpaired) electrons. The van der Waals surface area contributed by atoms with Crippen LogP contribution in [-0.4, -0.2) is 0 Å². The lowest BCUT2D eigenvalue weighted by Crippen LogP contribution is -1.74. The van der Waals surface area contributed by atoms with Gasteiger partial charge in [0.1, 0.15) is 0 Å². The lowest BCUT2D eigenvalue weighted by Gasteiger charge is -1.96. The van der Waals surface area contributed by atoms with Crippen LogP contribution in [0.15, 0.2) is 105 Å². The first-order chi connectivity index (χ1) is 18.1. The fourth-order valence-electron chi connectivity index (χ4n) is 4.19. The Morgan fingerprint density at radius 1 is 0.459 bits per heavy atom. The van der Waals surface area contributed by atoms with Gasteiger partial charge < -0.3 is 0 Å². The molecule has 0 fully saturated rings. The van der Waals surface area contributed by atoms with Gasteiger partial charge in [-0.2, -0.15) is 0 Å². The van der Waals surface area contributed by atoms with Crippen molar-refractivity contribution in [3.63, 3.8) is 0 Å². The Hall–Kier alpha value is -3.37. The smallest absolute Gasteiger partial charge is 0.0667 e. The van der Waals surface area contributed by atoms with E-state index in [-0.39, 0.29) is 0 Å². The van der Waals surface area contributed by atoms with Crippen LogP contribution in [0.3, 0.4) is 0 Å². The van der Waals surface area contributed by atoms with Gasteiger partial charge in [0.15, 0.2) is 0 Å². The third-order valence-electron chi connectivity index (χ3n) is 6.34. The zero-order chi connectivity index (χ0) is 25.2. The van der Waals surface area contributed by atoms with Crippen LogP contribution >= 0.6 is 34.4 Å². The van der Waals surface area contributed by atoms with Crippen LogP contribution in [0.5, 0.6) is 0 Å². The van der Waals surface area contributed by atoms with E-state index in [2.05, 4.69) is 135 Å². The van der Waals surface area contributed by atoms with Gasteiger partial charge in [-0.15, -0.1) is 22.7 Å². The molecular weight excluding hydrogens is 505 g/mol. The number of fused-ring (bicyclic) bond motifs is 2. The SMILES string of the molecule is Cc1ccc(C=Cc2ccc3cc(Sc4cc5ccc(C=Cc6ccc(C)cc6)cc5s4)sc3c2)cc1. The molecule has 2 heterocycles. The van der Waals surface area contributed by atoms with Crippen molar-refractivity contribution in [2.24, 2.45) is 0 Å². The van der Waals surface area contributed by atoms with Gasteiger partial charge in [-0.1, -0.05) is 120 Å². The van der Waals surface area contributed by atoms with Gasteiger partial charge in [-0.25, -0.2) is 0 Å². The summed E-state index contributed by atoms with van der Waals surface area (Å²) in [4.78, 5) is 0. The van der Waals surface area contributed by atoms with Crippen LogP contribution in [0.1, 0.15) is 33.4 Å². The molecule has 0 aliphatic rings. The summed E-state index contributed by atoms with van der Waals surface area (Å²) in [5.41, 5.74) is 7.50. The Morgan fingerprint density at radius 3 is 1.27 bits per heavy atom. The second kappa shape index (κ2) is 10.5. The molecule has 2 aromatic heterocycles. The standard InChI is InChI=1S/C34H26S3/c1-23-3-7-25(8-4-23)11-13-27-15-17-29-21-33(35-31(29)19-27)37-34-22-30-18-16-28(20-32(30)36-34)14-12-26-9-5-24(2)6-10-26/h3-22H,1-2H3. The van der Waals surface area contributed by atoms with E-state index in [0.29, 0.717) is 0 Å². The second-order valence-corrected chi connectivity index (χ2v) is 13.1. The van der Waals surface area contributed by atoms with Gasteiger partial charge >= 0.3 is 0 Å². The van der Waals surface area contributed by atoms with Gasteiger partial charge in [0.2, 0.25) is 0 Å². The predicted octanol–water partition coefficient (Wildman–Crippen LogP) is 11.2. The maximum absolute atomic E-state index is 2.32. The van der Waals surface area contributed by atoms with Crippen LogP contribution in [0.4, 0.5) is 0 Å². The van der Waals surface area contributed by atoms with E-state index in [9.17, 15) is 0 Å². The molecule has 0 nitrogen and oxygen atoms in total. The van der Waals surface area contributed by atoms with Crippen LogP contribution in [0, 0.1) is 13.8 Å². The summed E-state index contributed by atoms with van der Waals surface area (Å²) in [6.45, 7) is 4.24. The van der Waals surface area contributed by atoms with Crippen LogP contribution < -0.4 is 0 Å². The Kier molecular flexibility index (Phi) is 6.84. The minimum absolute atomic E-state index is 1.23. The second-order valence-electron chi connectivity index (χ2n) is 9.32. The Labute approximate surface area is 230 Å². The summed E-state index contributed by atoms with van der Waals surface area (Å²) in [6, 6.07) is 35.4. The fraction of sp³-hybridized carbons (Fsp3) is 0.0588. The normalized spacial score (nSPS) is 11.9. The number of hydrogen-bond acceptors (Lipinski definition) is 3. The zero-order valence-corrected chi connectivity index (χ0v) is 23.2. The molecule has 6 aromatic rings. The van der Waals surface area contributed by atoms with Crippen molar-refractivity contribution in [1.29, 1.82) is 0 Å². The van der Waals surface area contributed by atoms with E-state index in [1.165, 1.54) is 62.0 Å². The summed E-state index contributed by atoms with van der Waals surface area (Å²) >= 11 is 5.62. The first kappa shape index (κ1) is 24.0. The zero-order valence-electron chi connectivity index (χ0n) is 20.8. The molecule has 0 aliphatic carbocycles. The van der Waals surface area contributed by atoms with Crippen molar-refractivity contribution in [2.75, 3.05) is 0 Å². The number of benzene rings is 4. The topological polar surface area (TPSA) is 0 Å². The Morgan fingerprint density at radius 2 is 0.838 bits per heavy atom. The molecule has 4 aromatic carbocycles. The quantitative estimate of drug-likeness (QED) is 0.193. The highest BCUT2D eigenvalue weighted by molar-refractivity contribution is 8.03. The molecule has 0 aliphatic heterocycles. The van der Waals surface area contributed by atoms with E-state index < -0.39 is 0 Å². The van der Waals surface area contributed by atoms with E-state index in [4.69, 9.17) is 0 Å². The molecule has 0 saturated carbocycles. The largest absolute Gasteiger partial charge is 0.128 e. The molecule has 0 N–H and O–H groups in total. The molecule has 0 saturated heterocycles. The minimum atomic E-state index is 1.23. The van der Waals surface area contributed by atoms with Gasteiger partial charge in [0, 0.05) is 9.40 Å². The van der Waals surface area contributed by atoms with E-state index >= 15 is 0 Å². The highest BCUT2D eigenvalue weighted by Crippen LogP contribution is 2.42. The number of thiophene rings is 2. The Balaban J connectivity index is 1.18. The van der Waals surface area contributed by atoms with Crippen molar-refractivity contribution in [3.8, 4) is 0 Å². The van der Waals surface area contributed by atoms with Crippen molar-refractivity contribution in [3.05, 3.63) is 130 Å². The molecule has 37 heavy (non-hydrogen) atoms. The number of rotatable bonds is 6. The molecular formula is C34H26S3. The van der Waals surface area contributed by atoms with E-state index in [0.717, 1.165) is 0 Å². The van der Waals surface area contributed by atoms with Crippen LogP contribution in [-0.2, 0) is 0 Å². The lowest BCUT2D eigenvalue weighted by molar-refractivity contribution is 1.46. The number of aryl methyl sites for hydroxylation is 2. The van der Waals surface area contributed by atoms with Crippen LogP contribution in [0.25, 0.3) is 44.5 Å². The monoisotopic (exact) mass is 530 g/mol. The average Bonchev–Trinajstić information content (AvgIpc) is 3.50. The summed E-state index contributed by atoms with van der Waals surface area (Å²) in [5.74, 6) is 0. The Bertz CT molecular complexity index is 1610. The molecule has 0 spiro atoms. The summed E-state index contributed by atoms with van der Waals surface area (Å²) in [5, 5.41) is 2.62. The first-order valence-corrected chi connectivity index (χ1v) is 14.8. The van der Waals surface area contributed by atoms with E-state index in [1.54, 1.807) is 0 Å². The maximum atomic E-state index is 2.32. The van der Waals surface area contributed by atoms with Gasteiger partial charge in [0.05, 0.1) is 8.42 Å². The molecule has 0 bridgehead atoms. The number of hydrogen-bond donors (Lipinski definition) is 0. The summed E-state index contributed by atoms with van der Waals surface area (Å²) in [7, 11) is 0. The summed E-state index contributed by atoms with van der Waals surface area (Å²) < 4.78 is 5.33.